The Balaban J connectivity index is 1.56. The summed E-state index contributed by atoms with van der Waals surface area (Å²) in [6, 6.07) is 4.49. The zero-order valence-electron chi connectivity index (χ0n) is 22.5. The molecule has 3 N–H and O–H groups in total. The molecule has 0 aromatic heterocycles. The minimum absolute atomic E-state index is 0.180. The number of nitrogens with one attached hydrogen (secondary N) is 3. The molecule has 13 heteroatoms. The van der Waals surface area contributed by atoms with Crippen LogP contribution in [0.3, 0.4) is 0 Å². The number of nitrogens with zero attached hydrogens (tertiary/aromatic N) is 2. The van der Waals surface area contributed by atoms with Crippen molar-refractivity contribution in [3.63, 3.8) is 0 Å². The van der Waals surface area contributed by atoms with E-state index in [4.69, 9.17) is 4.74 Å². The van der Waals surface area contributed by atoms with Crippen LogP contribution in [0.4, 0.5) is 0 Å². The van der Waals surface area contributed by atoms with E-state index in [0.717, 1.165) is 17.6 Å². The van der Waals surface area contributed by atoms with E-state index in [2.05, 4.69) is 16.0 Å². The zero-order chi connectivity index (χ0) is 28.3. The number of carbonyl (C=O) groups excluding carboxylic acids is 4. The molecule has 2 saturated heterocycles. The van der Waals surface area contributed by atoms with Crippen LogP contribution in [0.5, 0.6) is 5.75 Å². The highest BCUT2D eigenvalue weighted by Crippen LogP contribution is 2.34. The summed E-state index contributed by atoms with van der Waals surface area (Å²) >= 11 is 0. The first-order chi connectivity index (χ1) is 18.5. The van der Waals surface area contributed by atoms with Gasteiger partial charge in [-0.15, -0.1) is 0 Å². The lowest BCUT2D eigenvalue weighted by Crippen LogP contribution is -2.62. The number of hydrogen-bond donors (Lipinski definition) is 3. The molecule has 4 rings (SSSR count). The van der Waals surface area contributed by atoms with Gasteiger partial charge in [-0.3, -0.25) is 19.2 Å². The first-order valence-corrected chi connectivity index (χ1v) is 15.3. The highest BCUT2D eigenvalue weighted by Gasteiger charge is 2.46. The van der Waals surface area contributed by atoms with Gasteiger partial charge in [0.05, 0.1) is 18.7 Å². The number of ether oxygens (including phenoxy) is 1. The molecule has 0 bridgehead atoms. The number of rotatable bonds is 7. The minimum atomic E-state index is -3.58. The maximum Gasteiger partial charge on any atom is 0.247 e. The predicted molar refractivity (Wildman–Crippen MR) is 142 cm³/mol. The number of para-hydroxylation sites is 1. The van der Waals surface area contributed by atoms with Gasteiger partial charge in [0, 0.05) is 37.4 Å². The number of sulfone groups is 1. The van der Waals surface area contributed by atoms with E-state index >= 15 is 0 Å². The first kappa shape index (κ1) is 28.8. The number of benzene rings is 1. The third-order valence-corrected chi connectivity index (χ3v) is 8.42. The molecule has 3 heterocycles. The van der Waals surface area contributed by atoms with E-state index in [1.165, 1.54) is 4.90 Å². The third kappa shape index (κ3) is 6.70. The summed E-state index contributed by atoms with van der Waals surface area (Å²) in [5.41, 5.74) is 0.886. The highest BCUT2D eigenvalue weighted by molar-refractivity contribution is 7.91. The molecule has 3 aliphatic rings. The summed E-state index contributed by atoms with van der Waals surface area (Å²) in [5, 5.41) is 8.64. The lowest BCUT2D eigenvalue weighted by molar-refractivity contribution is -0.147. The number of likely N-dealkylation sites (N-methyl/N-ethyl adjacent to an activating group) is 1. The quantitative estimate of drug-likeness (QED) is 0.396. The summed E-state index contributed by atoms with van der Waals surface area (Å²) in [4.78, 5) is 55.9. The zero-order valence-corrected chi connectivity index (χ0v) is 23.3. The molecular formula is C26H37N5O7S. The molecule has 0 spiro atoms. The Hall–Kier alpha value is -3.19. The Morgan fingerprint density at radius 3 is 2.54 bits per heavy atom. The van der Waals surface area contributed by atoms with Gasteiger partial charge in [-0.2, -0.15) is 0 Å². The van der Waals surface area contributed by atoms with E-state index in [1.54, 1.807) is 18.9 Å². The first-order valence-electron chi connectivity index (χ1n) is 13.3. The van der Waals surface area contributed by atoms with Crippen LogP contribution in [0, 0.1) is 0 Å². The van der Waals surface area contributed by atoms with Crippen molar-refractivity contribution in [1.82, 2.24) is 25.8 Å². The van der Waals surface area contributed by atoms with Crippen LogP contribution in [0.15, 0.2) is 24.3 Å². The van der Waals surface area contributed by atoms with Gasteiger partial charge in [0.25, 0.3) is 0 Å². The van der Waals surface area contributed by atoms with Crippen molar-refractivity contribution in [2.75, 3.05) is 38.8 Å². The molecule has 1 aromatic carbocycles. The second-order valence-corrected chi connectivity index (χ2v) is 12.6. The van der Waals surface area contributed by atoms with Crippen LogP contribution in [0.2, 0.25) is 0 Å². The van der Waals surface area contributed by atoms with E-state index in [1.807, 2.05) is 24.3 Å². The lowest BCUT2D eigenvalue weighted by Gasteiger charge is -2.39. The van der Waals surface area contributed by atoms with Gasteiger partial charge in [-0.25, -0.2) is 8.42 Å². The van der Waals surface area contributed by atoms with Crippen molar-refractivity contribution in [3.05, 3.63) is 29.8 Å². The monoisotopic (exact) mass is 563 g/mol. The Morgan fingerprint density at radius 1 is 1.08 bits per heavy atom. The highest BCUT2D eigenvalue weighted by atomic mass is 32.2. The summed E-state index contributed by atoms with van der Waals surface area (Å²) in [7, 11) is -1.98. The van der Waals surface area contributed by atoms with Crippen molar-refractivity contribution in [2.45, 2.75) is 62.8 Å². The fourth-order valence-electron chi connectivity index (χ4n) is 5.47. The summed E-state index contributed by atoms with van der Waals surface area (Å²) in [6.45, 7) is 2.13. The molecule has 4 amide bonds. The van der Waals surface area contributed by atoms with Crippen molar-refractivity contribution >= 4 is 33.5 Å². The Bertz CT molecular complexity index is 1220. The van der Waals surface area contributed by atoms with E-state index < -0.39 is 51.4 Å². The van der Waals surface area contributed by atoms with Gasteiger partial charge in [-0.1, -0.05) is 18.2 Å². The van der Waals surface area contributed by atoms with Gasteiger partial charge < -0.3 is 30.5 Å². The number of fused-ring (bicyclic) bond motifs is 2. The van der Waals surface area contributed by atoms with Gasteiger partial charge in [0.2, 0.25) is 23.6 Å². The lowest BCUT2D eigenvalue weighted by atomic mass is 10.00. The van der Waals surface area contributed by atoms with E-state index in [-0.39, 0.29) is 31.1 Å². The fourth-order valence-corrected chi connectivity index (χ4v) is 6.10. The predicted octanol–water partition coefficient (Wildman–Crippen LogP) is -0.644. The molecule has 5 atom stereocenters. The van der Waals surface area contributed by atoms with Crippen LogP contribution < -0.4 is 20.7 Å². The molecule has 0 radical (unpaired) electrons. The van der Waals surface area contributed by atoms with Gasteiger partial charge >= 0.3 is 0 Å². The molecule has 0 unspecified atom stereocenters. The number of hydrogen-bond acceptors (Lipinski definition) is 8. The standard InChI is InChI=1S/C26H37N5O7S/c1-16(27-2)24(33)29-20-14-30(23(32)15-39(3,36)37)12-10-17-8-9-21(31(17)26(20)35)25(34)28-19-11-13-38-22-7-5-4-6-18(19)22/h4-7,16-17,19-21,27H,8-15H2,1-3H3,(H,28,34)(H,29,33)/t16-,17+,19+,20-,21-/m0/s1. The van der Waals surface area contributed by atoms with Crippen LogP contribution in [0.1, 0.15) is 44.2 Å². The summed E-state index contributed by atoms with van der Waals surface area (Å²) < 4.78 is 29.3. The third-order valence-electron chi connectivity index (χ3n) is 7.65. The second-order valence-electron chi connectivity index (χ2n) is 10.5. The molecule has 3 aliphatic heterocycles. The van der Waals surface area contributed by atoms with Crippen LogP contribution in [0.25, 0.3) is 0 Å². The fraction of sp³-hybridized carbons (Fsp3) is 0.615. The molecule has 12 nitrogen and oxygen atoms in total. The molecule has 39 heavy (non-hydrogen) atoms. The van der Waals surface area contributed by atoms with Crippen molar-refractivity contribution in [2.24, 2.45) is 0 Å². The maximum atomic E-state index is 13.9. The van der Waals surface area contributed by atoms with Gasteiger partial charge in [-0.05, 0) is 39.3 Å². The van der Waals surface area contributed by atoms with Crippen molar-refractivity contribution in [1.29, 1.82) is 0 Å². The average Bonchev–Trinajstić information content (AvgIpc) is 3.31. The minimum Gasteiger partial charge on any atom is -0.493 e. The normalized spacial score (nSPS) is 25.9. The van der Waals surface area contributed by atoms with Crippen LogP contribution in [-0.4, -0.2) is 105 Å². The van der Waals surface area contributed by atoms with E-state index in [9.17, 15) is 27.6 Å². The average molecular weight is 564 g/mol. The molecule has 0 aliphatic carbocycles. The SMILES string of the molecule is CN[C@@H](C)C(=O)N[C@H]1CN(C(=O)CS(C)(=O)=O)CC[C@H]2CC[C@@H](C(=O)N[C@@H]3CCOc4ccccc43)N2C1=O. The Kier molecular flexibility index (Phi) is 8.80. The van der Waals surface area contributed by atoms with Gasteiger partial charge in [0.15, 0.2) is 9.84 Å². The topological polar surface area (TPSA) is 154 Å². The largest absolute Gasteiger partial charge is 0.493 e. The Morgan fingerprint density at radius 2 is 1.82 bits per heavy atom. The maximum absolute atomic E-state index is 13.9. The molecule has 2 fully saturated rings. The van der Waals surface area contributed by atoms with Crippen molar-refractivity contribution in [3.8, 4) is 5.75 Å². The molecule has 214 valence electrons. The van der Waals surface area contributed by atoms with Crippen molar-refractivity contribution < 1.29 is 32.3 Å². The molecular weight excluding hydrogens is 526 g/mol. The second kappa shape index (κ2) is 11.9. The van der Waals surface area contributed by atoms with E-state index in [0.29, 0.717) is 32.3 Å². The molecule has 0 saturated carbocycles. The van der Waals surface area contributed by atoms with Crippen LogP contribution >= 0.6 is 0 Å². The number of carbonyl (C=O) groups is 4. The smallest absolute Gasteiger partial charge is 0.247 e. The Labute approximate surface area is 228 Å². The van der Waals surface area contributed by atoms with Crippen LogP contribution in [-0.2, 0) is 29.0 Å². The summed E-state index contributed by atoms with van der Waals surface area (Å²) in [6.07, 6.45) is 2.98. The van der Waals surface area contributed by atoms with Gasteiger partial charge in [0.1, 0.15) is 23.6 Å². The number of amides is 4. The molecule has 1 aromatic rings. The summed E-state index contributed by atoms with van der Waals surface area (Å²) in [5.74, 6) is -1.75.